The number of halogens is 1. The smallest absolute Gasteiger partial charge is 0.0902 e. The van der Waals surface area contributed by atoms with E-state index in [1.165, 1.54) is 0 Å². The van der Waals surface area contributed by atoms with Crippen LogP contribution < -0.4 is 0 Å². The van der Waals surface area contributed by atoms with Crippen LogP contribution in [0.1, 0.15) is 0 Å². The minimum Gasteiger partial charge on any atom is -0.372 e. The Morgan fingerprint density at radius 2 is 2.00 bits per heavy atom. The zero-order valence-electron chi connectivity index (χ0n) is 6.15. The number of epoxide rings is 1. The van der Waals surface area contributed by atoms with Crippen LogP contribution in [0.4, 0.5) is 0 Å². The van der Waals surface area contributed by atoms with Crippen LogP contribution in [0.3, 0.4) is 0 Å². The lowest BCUT2D eigenvalue weighted by Gasteiger charge is -2.21. The van der Waals surface area contributed by atoms with Gasteiger partial charge in [0.1, 0.15) is 0 Å². The Bertz CT molecular complexity index is 106. The summed E-state index contributed by atoms with van der Waals surface area (Å²) in [6, 6.07) is 0. The summed E-state index contributed by atoms with van der Waals surface area (Å²) >= 11 is 2.54. The average molecular weight is 256 g/mol. The summed E-state index contributed by atoms with van der Waals surface area (Å²) in [5.74, 6) is 0. The first-order valence-electron chi connectivity index (χ1n) is 3.27. The summed E-state index contributed by atoms with van der Waals surface area (Å²) in [5.41, 5.74) is 0. The molecule has 0 bridgehead atoms. The summed E-state index contributed by atoms with van der Waals surface area (Å²) < 4.78 is 6.04. The minimum atomic E-state index is -0.900. The molecule has 1 aliphatic rings. The lowest BCUT2D eigenvalue weighted by Crippen LogP contribution is -2.37. The van der Waals surface area contributed by atoms with Crippen molar-refractivity contribution >= 4 is 30.7 Å². The highest BCUT2D eigenvalue weighted by atomic mass is 127. The Balaban J connectivity index is 2.40. The summed E-state index contributed by atoms with van der Waals surface area (Å²) in [7, 11) is -0.900. The molecule has 1 heterocycles. The molecule has 0 spiro atoms. The van der Waals surface area contributed by atoms with Crippen molar-refractivity contribution < 1.29 is 4.74 Å². The number of hydrogen-bond donors (Lipinski definition) is 0. The molecule has 0 radical (unpaired) electrons. The molecule has 3 heteroatoms. The van der Waals surface area contributed by atoms with Gasteiger partial charge in [-0.05, 0) is 0 Å². The summed E-state index contributed by atoms with van der Waals surface area (Å²) in [6.45, 7) is 8.20. The molecule has 2 atom stereocenters. The first-order valence-corrected chi connectivity index (χ1v) is 8.10. The summed E-state index contributed by atoms with van der Waals surface area (Å²) in [4.78, 5) is 0. The molecular weight excluding hydrogens is 243 g/mol. The summed E-state index contributed by atoms with van der Waals surface area (Å²) in [6.07, 6.45) is 0.609. The van der Waals surface area contributed by atoms with E-state index in [1.54, 1.807) is 0 Å². The third-order valence-corrected chi connectivity index (χ3v) is 9.95. The third kappa shape index (κ3) is 2.20. The molecule has 0 unspecified atom stereocenters. The zero-order chi connectivity index (χ0) is 7.07. The van der Waals surface area contributed by atoms with E-state index in [-0.39, 0.29) is 0 Å². The molecule has 1 nitrogen and oxygen atoms in total. The molecule has 1 aliphatic heterocycles. The third-order valence-electron chi connectivity index (χ3n) is 1.51. The maximum atomic E-state index is 5.22. The zero-order valence-corrected chi connectivity index (χ0v) is 9.31. The van der Waals surface area contributed by atoms with Gasteiger partial charge < -0.3 is 4.74 Å². The van der Waals surface area contributed by atoms with Crippen molar-refractivity contribution in [3.05, 3.63) is 0 Å². The van der Waals surface area contributed by atoms with Gasteiger partial charge >= 0.3 is 0 Å². The number of rotatable bonds is 2. The van der Waals surface area contributed by atoms with Crippen LogP contribution in [0.2, 0.25) is 19.6 Å². The number of hydrogen-bond acceptors (Lipinski definition) is 1. The SMILES string of the molecule is C[Si](C)(C)[C@@H](I)[C@@H]1CO1. The van der Waals surface area contributed by atoms with Gasteiger partial charge in [-0.2, -0.15) is 0 Å². The molecule has 1 fully saturated rings. The molecule has 0 aromatic heterocycles. The average Bonchev–Trinajstić information content (AvgIpc) is 2.40. The van der Waals surface area contributed by atoms with E-state index in [9.17, 15) is 0 Å². The van der Waals surface area contributed by atoms with E-state index in [0.29, 0.717) is 6.10 Å². The molecule has 0 aromatic rings. The fourth-order valence-electron chi connectivity index (χ4n) is 0.782. The summed E-state index contributed by atoms with van der Waals surface area (Å²) in [5, 5.41) is 0. The lowest BCUT2D eigenvalue weighted by atomic mass is 10.6. The first kappa shape index (κ1) is 8.01. The van der Waals surface area contributed by atoms with Crippen LogP contribution in [0.5, 0.6) is 0 Å². The monoisotopic (exact) mass is 256 g/mol. The molecule has 0 N–H and O–H groups in total. The maximum Gasteiger partial charge on any atom is 0.0902 e. The molecular formula is C6H13IOSi. The molecule has 1 saturated heterocycles. The highest BCUT2D eigenvalue weighted by Gasteiger charge is 2.39. The van der Waals surface area contributed by atoms with Crippen LogP contribution in [0.25, 0.3) is 0 Å². The fourth-order valence-corrected chi connectivity index (χ4v) is 2.51. The van der Waals surface area contributed by atoms with Crippen LogP contribution in [0.15, 0.2) is 0 Å². The standard InChI is InChI=1S/C6H13IOSi/c1-9(2,3)6(7)5-4-8-5/h5-6H,4H2,1-3H3/t5-,6+/m0/s1. The van der Waals surface area contributed by atoms with Gasteiger partial charge in [-0.15, -0.1) is 0 Å². The van der Waals surface area contributed by atoms with Crippen LogP contribution in [0, 0.1) is 0 Å². The van der Waals surface area contributed by atoms with E-state index >= 15 is 0 Å². The molecule has 54 valence electrons. The Morgan fingerprint density at radius 1 is 1.56 bits per heavy atom. The van der Waals surface area contributed by atoms with Crippen molar-refractivity contribution in [2.75, 3.05) is 6.61 Å². The number of alkyl halides is 1. The molecule has 9 heavy (non-hydrogen) atoms. The Morgan fingerprint density at radius 3 is 2.11 bits per heavy atom. The van der Waals surface area contributed by atoms with Crippen molar-refractivity contribution in [2.45, 2.75) is 29.3 Å². The van der Waals surface area contributed by atoms with Gasteiger partial charge in [-0.25, -0.2) is 0 Å². The van der Waals surface area contributed by atoms with Gasteiger partial charge in [0.15, 0.2) is 0 Å². The van der Waals surface area contributed by atoms with Gasteiger partial charge in [0, 0.05) is 3.55 Å². The van der Waals surface area contributed by atoms with Gasteiger partial charge in [0.2, 0.25) is 0 Å². The van der Waals surface area contributed by atoms with E-state index < -0.39 is 8.07 Å². The van der Waals surface area contributed by atoms with E-state index in [1.807, 2.05) is 0 Å². The highest BCUT2D eigenvalue weighted by Crippen LogP contribution is 2.28. The van der Waals surface area contributed by atoms with Crippen molar-refractivity contribution in [3.63, 3.8) is 0 Å². The van der Waals surface area contributed by atoms with Crippen molar-refractivity contribution in [3.8, 4) is 0 Å². The Hall–Kier alpha value is 0.907. The quantitative estimate of drug-likeness (QED) is 0.319. The van der Waals surface area contributed by atoms with Crippen molar-refractivity contribution in [2.24, 2.45) is 0 Å². The van der Waals surface area contributed by atoms with Crippen LogP contribution >= 0.6 is 22.6 Å². The van der Waals surface area contributed by atoms with Gasteiger partial charge in [-0.1, -0.05) is 42.2 Å². The second-order valence-electron chi connectivity index (χ2n) is 3.64. The molecule has 0 aromatic carbocycles. The topological polar surface area (TPSA) is 12.5 Å². The van der Waals surface area contributed by atoms with E-state index in [2.05, 4.69) is 42.2 Å². The number of ether oxygens (including phenoxy) is 1. The Kier molecular flexibility index (Phi) is 2.23. The molecule has 0 amide bonds. The Labute approximate surface area is 71.3 Å². The van der Waals surface area contributed by atoms with Crippen LogP contribution in [-0.4, -0.2) is 24.3 Å². The fraction of sp³-hybridized carbons (Fsp3) is 1.00. The minimum absolute atomic E-state index is 0.609. The predicted molar refractivity (Wildman–Crippen MR) is 50.9 cm³/mol. The van der Waals surface area contributed by atoms with Crippen molar-refractivity contribution in [1.82, 2.24) is 0 Å². The van der Waals surface area contributed by atoms with Gasteiger partial charge in [0.25, 0.3) is 0 Å². The highest BCUT2D eigenvalue weighted by molar-refractivity contribution is 14.1. The van der Waals surface area contributed by atoms with Crippen molar-refractivity contribution in [1.29, 1.82) is 0 Å². The maximum absolute atomic E-state index is 5.22. The normalized spacial score (nSPS) is 30.0. The van der Waals surface area contributed by atoms with Crippen LogP contribution in [-0.2, 0) is 4.74 Å². The molecule has 1 rings (SSSR count). The molecule has 0 aliphatic carbocycles. The predicted octanol–water partition coefficient (Wildman–Crippen LogP) is 2.07. The van der Waals surface area contributed by atoms with E-state index in [4.69, 9.17) is 4.74 Å². The largest absolute Gasteiger partial charge is 0.372 e. The second-order valence-corrected chi connectivity index (χ2v) is 11.5. The van der Waals surface area contributed by atoms with Gasteiger partial charge in [-0.3, -0.25) is 0 Å². The van der Waals surface area contributed by atoms with E-state index in [0.717, 1.165) is 10.2 Å². The first-order chi connectivity index (χ1) is 4.02. The lowest BCUT2D eigenvalue weighted by molar-refractivity contribution is 0.420. The van der Waals surface area contributed by atoms with Gasteiger partial charge in [0.05, 0.1) is 20.8 Å². The second kappa shape index (κ2) is 2.51. The molecule has 0 saturated carbocycles.